The molecule has 0 aliphatic heterocycles. The van der Waals surface area contributed by atoms with Crippen molar-refractivity contribution in [1.82, 2.24) is 0 Å². The number of halogens is 7. The Morgan fingerprint density at radius 1 is 1.16 bits per heavy atom. The van der Waals surface area contributed by atoms with Gasteiger partial charge in [0.2, 0.25) is 0 Å². The number of hydrogen-bond acceptors (Lipinski definition) is 3. The number of nitro groups is 1. The zero-order valence-electron chi connectivity index (χ0n) is 8.56. The van der Waals surface area contributed by atoms with E-state index < -0.39 is 44.3 Å². The lowest BCUT2D eigenvalue weighted by Crippen LogP contribution is -2.17. The predicted octanol–water partition coefficient (Wildman–Crippen LogP) is 3.98. The predicted molar refractivity (Wildman–Crippen MR) is 55.2 cm³/mol. The molecule has 0 saturated carbocycles. The number of benzene rings is 1. The van der Waals surface area contributed by atoms with Gasteiger partial charge in [-0.05, 0) is 6.07 Å². The van der Waals surface area contributed by atoms with E-state index >= 15 is 0 Å². The van der Waals surface area contributed by atoms with E-state index in [1.165, 1.54) is 0 Å². The van der Waals surface area contributed by atoms with Gasteiger partial charge in [-0.1, -0.05) is 15.9 Å². The quantitative estimate of drug-likeness (QED) is 0.359. The molecule has 0 spiro atoms. The van der Waals surface area contributed by atoms with Crippen molar-refractivity contribution < 1.29 is 31.3 Å². The van der Waals surface area contributed by atoms with Crippen LogP contribution in [0.1, 0.15) is 11.1 Å². The Kier molecular flexibility index (Phi) is 3.72. The summed E-state index contributed by atoms with van der Waals surface area (Å²) in [6.07, 6.45) is -10.3. The number of hydrogen-bond donors (Lipinski definition) is 1. The van der Waals surface area contributed by atoms with Gasteiger partial charge in [0.1, 0.15) is 11.3 Å². The van der Waals surface area contributed by atoms with Gasteiger partial charge in [-0.25, -0.2) is 0 Å². The average Bonchev–Trinajstić information content (AvgIpc) is 2.11. The van der Waals surface area contributed by atoms with E-state index in [1.54, 1.807) is 0 Å². The maximum Gasteiger partial charge on any atom is 0.423 e. The van der Waals surface area contributed by atoms with Crippen molar-refractivity contribution in [2.75, 3.05) is 5.73 Å². The van der Waals surface area contributed by atoms with Gasteiger partial charge in [0, 0.05) is 4.47 Å². The van der Waals surface area contributed by atoms with Crippen LogP contribution in [0, 0.1) is 10.1 Å². The highest BCUT2D eigenvalue weighted by Gasteiger charge is 2.45. The zero-order chi connectivity index (χ0) is 15.2. The van der Waals surface area contributed by atoms with Gasteiger partial charge in [-0.15, -0.1) is 0 Å². The summed E-state index contributed by atoms with van der Waals surface area (Å²) >= 11 is 2.29. The van der Waals surface area contributed by atoms with Crippen molar-refractivity contribution in [3.8, 4) is 0 Å². The number of nitrogens with two attached hydrogens (primary N) is 1. The number of nitrogen functional groups attached to an aromatic ring is 1. The van der Waals surface area contributed by atoms with Crippen molar-refractivity contribution in [3.63, 3.8) is 0 Å². The smallest absolute Gasteiger partial charge is 0.393 e. The van der Waals surface area contributed by atoms with E-state index in [0.29, 0.717) is 0 Å². The molecular weight excluding hydrogens is 350 g/mol. The molecule has 0 atom stereocenters. The molecule has 0 unspecified atom stereocenters. The molecule has 11 heteroatoms. The third-order valence-corrected chi connectivity index (χ3v) is 2.69. The van der Waals surface area contributed by atoms with E-state index in [9.17, 15) is 36.5 Å². The van der Waals surface area contributed by atoms with Crippen LogP contribution in [0.15, 0.2) is 10.5 Å². The van der Waals surface area contributed by atoms with E-state index in [2.05, 4.69) is 15.9 Å². The molecular formula is C8H3BrF6N2O2. The summed E-state index contributed by atoms with van der Waals surface area (Å²) in [6, 6.07) is -0.0166. The Bertz CT molecular complexity index is 540. The molecule has 1 aromatic carbocycles. The van der Waals surface area contributed by atoms with Gasteiger partial charge in [0.05, 0.1) is 10.5 Å². The molecule has 0 fully saturated rings. The highest BCUT2D eigenvalue weighted by molar-refractivity contribution is 9.10. The van der Waals surface area contributed by atoms with Crippen LogP contribution in [0.25, 0.3) is 0 Å². The molecule has 0 aromatic heterocycles. The Morgan fingerprint density at radius 3 is 1.95 bits per heavy atom. The van der Waals surface area contributed by atoms with Crippen LogP contribution in [0.4, 0.5) is 37.7 Å². The second kappa shape index (κ2) is 4.54. The summed E-state index contributed by atoms with van der Waals surface area (Å²) < 4.78 is 74.3. The molecule has 0 aliphatic rings. The monoisotopic (exact) mass is 352 g/mol. The zero-order valence-corrected chi connectivity index (χ0v) is 10.2. The number of rotatable bonds is 1. The topological polar surface area (TPSA) is 69.2 Å². The summed E-state index contributed by atoms with van der Waals surface area (Å²) in [5.74, 6) is 0. The van der Waals surface area contributed by atoms with E-state index in [0.717, 1.165) is 0 Å². The molecule has 106 valence electrons. The Hall–Kier alpha value is -1.52. The summed E-state index contributed by atoms with van der Waals surface area (Å²) in [5.41, 5.74) is -2.09. The summed E-state index contributed by atoms with van der Waals surface area (Å²) in [7, 11) is 0. The minimum Gasteiger partial charge on any atom is -0.393 e. The first-order valence-electron chi connectivity index (χ1n) is 4.28. The molecule has 0 heterocycles. The van der Waals surface area contributed by atoms with Gasteiger partial charge >= 0.3 is 18.0 Å². The van der Waals surface area contributed by atoms with E-state index in [4.69, 9.17) is 5.73 Å². The molecule has 0 amide bonds. The second-order valence-electron chi connectivity index (χ2n) is 3.30. The third-order valence-electron chi connectivity index (χ3n) is 2.06. The van der Waals surface area contributed by atoms with Gasteiger partial charge < -0.3 is 5.73 Å². The van der Waals surface area contributed by atoms with Gasteiger partial charge in [0.25, 0.3) is 0 Å². The SMILES string of the molecule is Nc1c([N+](=O)[O-])c(C(F)(F)F)cc(Br)c1C(F)(F)F. The summed E-state index contributed by atoms with van der Waals surface area (Å²) in [6.45, 7) is 0. The average molecular weight is 353 g/mol. The Morgan fingerprint density at radius 2 is 1.63 bits per heavy atom. The number of anilines is 1. The van der Waals surface area contributed by atoms with Gasteiger partial charge in [-0.3, -0.25) is 10.1 Å². The van der Waals surface area contributed by atoms with Crippen LogP contribution in [0.2, 0.25) is 0 Å². The molecule has 19 heavy (non-hydrogen) atoms. The van der Waals surface area contributed by atoms with Crippen molar-refractivity contribution in [2.45, 2.75) is 12.4 Å². The highest BCUT2D eigenvalue weighted by Crippen LogP contribution is 2.48. The number of nitro benzene ring substituents is 1. The molecule has 2 N–H and O–H groups in total. The normalized spacial score (nSPS) is 12.6. The Labute approximate surface area is 109 Å². The van der Waals surface area contributed by atoms with Crippen molar-refractivity contribution >= 4 is 27.3 Å². The van der Waals surface area contributed by atoms with Crippen molar-refractivity contribution in [3.05, 3.63) is 31.8 Å². The highest BCUT2D eigenvalue weighted by atomic mass is 79.9. The summed E-state index contributed by atoms with van der Waals surface area (Å²) in [4.78, 5) is 8.93. The number of nitrogens with zero attached hydrogens (tertiary/aromatic N) is 1. The van der Waals surface area contributed by atoms with Crippen molar-refractivity contribution in [2.24, 2.45) is 0 Å². The molecule has 0 aliphatic carbocycles. The molecule has 1 aromatic rings. The number of alkyl halides is 6. The molecule has 0 bridgehead atoms. The van der Waals surface area contributed by atoms with Crippen LogP contribution in [-0.4, -0.2) is 4.92 Å². The first kappa shape index (κ1) is 15.5. The molecule has 4 nitrogen and oxygen atoms in total. The minimum absolute atomic E-state index is 0.0166. The minimum atomic E-state index is -5.21. The third kappa shape index (κ3) is 2.91. The van der Waals surface area contributed by atoms with Gasteiger partial charge in [0.15, 0.2) is 0 Å². The molecule has 0 radical (unpaired) electrons. The Balaban J connectivity index is 3.81. The first-order valence-corrected chi connectivity index (χ1v) is 5.07. The lowest BCUT2D eigenvalue weighted by molar-refractivity contribution is -0.387. The van der Waals surface area contributed by atoms with E-state index in [-0.39, 0.29) is 6.07 Å². The van der Waals surface area contributed by atoms with E-state index in [1.807, 2.05) is 0 Å². The van der Waals surface area contributed by atoms with Crippen LogP contribution in [0.3, 0.4) is 0 Å². The van der Waals surface area contributed by atoms with Crippen molar-refractivity contribution in [1.29, 1.82) is 0 Å². The fourth-order valence-corrected chi connectivity index (χ4v) is 2.03. The van der Waals surface area contributed by atoms with Gasteiger partial charge in [-0.2, -0.15) is 26.3 Å². The molecule has 1 rings (SSSR count). The van der Waals surface area contributed by atoms with Crippen LogP contribution >= 0.6 is 15.9 Å². The van der Waals surface area contributed by atoms with Crippen LogP contribution in [-0.2, 0) is 12.4 Å². The maximum atomic E-state index is 12.6. The standard InChI is InChI=1S/C8H3BrF6N2O2/c9-3-1-2(7(10,11)12)6(17(18)19)5(16)4(3)8(13,14)15/h1H,16H2. The fourth-order valence-electron chi connectivity index (χ4n) is 1.36. The first-order chi connectivity index (χ1) is 8.37. The van der Waals surface area contributed by atoms with Crippen LogP contribution in [0.5, 0.6) is 0 Å². The largest absolute Gasteiger partial charge is 0.423 e. The lowest BCUT2D eigenvalue weighted by Gasteiger charge is -2.16. The molecule has 0 saturated heterocycles. The second-order valence-corrected chi connectivity index (χ2v) is 4.15. The summed E-state index contributed by atoms with van der Waals surface area (Å²) in [5, 5.41) is 10.5. The maximum absolute atomic E-state index is 12.6. The van der Waals surface area contributed by atoms with Crippen LogP contribution < -0.4 is 5.73 Å². The lowest BCUT2D eigenvalue weighted by atomic mass is 10.1. The fraction of sp³-hybridized carbons (Fsp3) is 0.250.